The molecule has 0 fully saturated rings. The van der Waals surface area contributed by atoms with Crippen molar-refractivity contribution in [3.63, 3.8) is 0 Å². The third-order valence-corrected chi connectivity index (χ3v) is 3.26. The Hall–Kier alpha value is -1.87. The SMILES string of the molecule is COc1ccc(CNC(C)Cc2ccccc2)cc1F. The molecule has 0 heterocycles. The van der Waals surface area contributed by atoms with Crippen LogP contribution in [0.15, 0.2) is 48.5 Å². The van der Waals surface area contributed by atoms with E-state index in [1.54, 1.807) is 6.07 Å². The average Bonchev–Trinajstić information content (AvgIpc) is 2.46. The molecular weight excluding hydrogens is 253 g/mol. The molecule has 2 nitrogen and oxygen atoms in total. The quantitative estimate of drug-likeness (QED) is 0.869. The average molecular weight is 273 g/mol. The standard InChI is InChI=1S/C17H20FNO/c1-13(10-14-6-4-3-5-7-14)19-12-15-8-9-17(20-2)16(18)11-15/h3-9,11,13,19H,10,12H2,1-2H3. The van der Waals surface area contributed by atoms with E-state index in [0.717, 1.165) is 12.0 Å². The molecule has 106 valence electrons. The summed E-state index contributed by atoms with van der Waals surface area (Å²) in [5.74, 6) is -0.0337. The molecule has 2 aromatic carbocycles. The molecule has 1 atom stereocenters. The Bertz CT molecular complexity index is 542. The van der Waals surface area contributed by atoms with E-state index < -0.39 is 0 Å². The summed E-state index contributed by atoms with van der Waals surface area (Å²) in [4.78, 5) is 0. The summed E-state index contributed by atoms with van der Waals surface area (Å²) in [6.07, 6.45) is 0.958. The predicted octanol–water partition coefficient (Wildman–Crippen LogP) is 3.56. The molecule has 0 aliphatic rings. The van der Waals surface area contributed by atoms with Gasteiger partial charge in [0.2, 0.25) is 0 Å². The smallest absolute Gasteiger partial charge is 0.165 e. The maximum atomic E-state index is 13.6. The number of hydrogen-bond donors (Lipinski definition) is 1. The molecule has 1 N–H and O–H groups in total. The fourth-order valence-electron chi connectivity index (χ4n) is 2.15. The van der Waals surface area contributed by atoms with Gasteiger partial charge in [0.15, 0.2) is 11.6 Å². The van der Waals surface area contributed by atoms with Crippen molar-refractivity contribution in [3.05, 3.63) is 65.5 Å². The summed E-state index contributed by atoms with van der Waals surface area (Å²) < 4.78 is 18.5. The van der Waals surface area contributed by atoms with Gasteiger partial charge >= 0.3 is 0 Å². The van der Waals surface area contributed by atoms with Crippen LogP contribution in [0.5, 0.6) is 5.75 Å². The first-order chi connectivity index (χ1) is 9.69. The number of nitrogens with one attached hydrogen (secondary N) is 1. The van der Waals surface area contributed by atoms with Crippen LogP contribution in [0.4, 0.5) is 4.39 Å². The second kappa shape index (κ2) is 7.06. The molecule has 0 radical (unpaired) electrons. The first kappa shape index (κ1) is 14.5. The molecule has 1 unspecified atom stereocenters. The van der Waals surface area contributed by atoms with Gasteiger partial charge in [0.25, 0.3) is 0 Å². The Labute approximate surface area is 119 Å². The molecule has 0 aromatic heterocycles. The van der Waals surface area contributed by atoms with Crippen LogP contribution in [0.25, 0.3) is 0 Å². The second-order valence-corrected chi connectivity index (χ2v) is 4.94. The van der Waals surface area contributed by atoms with Crippen molar-refractivity contribution in [1.82, 2.24) is 5.32 Å². The second-order valence-electron chi connectivity index (χ2n) is 4.94. The fraction of sp³-hybridized carbons (Fsp3) is 0.294. The first-order valence-electron chi connectivity index (χ1n) is 6.79. The number of halogens is 1. The number of benzene rings is 2. The van der Waals surface area contributed by atoms with Crippen LogP contribution in [0.2, 0.25) is 0 Å². The third-order valence-electron chi connectivity index (χ3n) is 3.26. The van der Waals surface area contributed by atoms with Crippen molar-refractivity contribution in [2.45, 2.75) is 25.9 Å². The van der Waals surface area contributed by atoms with Crippen molar-refractivity contribution in [2.24, 2.45) is 0 Å². The highest BCUT2D eigenvalue weighted by Gasteiger charge is 2.06. The molecule has 0 spiro atoms. The lowest BCUT2D eigenvalue weighted by Gasteiger charge is -2.14. The maximum absolute atomic E-state index is 13.6. The highest BCUT2D eigenvalue weighted by Crippen LogP contribution is 2.17. The van der Waals surface area contributed by atoms with Crippen LogP contribution < -0.4 is 10.1 Å². The number of rotatable bonds is 6. The van der Waals surface area contributed by atoms with E-state index in [1.165, 1.54) is 18.7 Å². The van der Waals surface area contributed by atoms with Gasteiger partial charge in [-0.1, -0.05) is 36.4 Å². The van der Waals surface area contributed by atoms with E-state index in [1.807, 2.05) is 24.3 Å². The van der Waals surface area contributed by atoms with Gasteiger partial charge in [-0.3, -0.25) is 0 Å². The van der Waals surface area contributed by atoms with Crippen molar-refractivity contribution in [1.29, 1.82) is 0 Å². The zero-order chi connectivity index (χ0) is 14.4. The van der Waals surface area contributed by atoms with Crippen molar-refractivity contribution in [2.75, 3.05) is 7.11 Å². The summed E-state index contributed by atoms with van der Waals surface area (Å²) >= 11 is 0. The molecule has 0 aliphatic carbocycles. The Morgan fingerprint density at radius 1 is 1.10 bits per heavy atom. The minimum Gasteiger partial charge on any atom is -0.494 e. The molecule has 0 saturated carbocycles. The molecular formula is C17H20FNO. The summed E-state index contributed by atoms with van der Waals surface area (Å²) in [6.45, 7) is 2.78. The van der Waals surface area contributed by atoms with Crippen LogP contribution in [-0.4, -0.2) is 13.2 Å². The summed E-state index contributed by atoms with van der Waals surface area (Å²) in [5.41, 5.74) is 2.22. The lowest BCUT2D eigenvalue weighted by atomic mass is 10.1. The number of hydrogen-bond acceptors (Lipinski definition) is 2. The Kier molecular flexibility index (Phi) is 5.13. The van der Waals surface area contributed by atoms with Crippen molar-refractivity contribution < 1.29 is 9.13 Å². The van der Waals surface area contributed by atoms with E-state index in [9.17, 15) is 4.39 Å². The zero-order valence-electron chi connectivity index (χ0n) is 11.9. The molecule has 20 heavy (non-hydrogen) atoms. The number of ether oxygens (including phenoxy) is 1. The van der Waals surface area contributed by atoms with Crippen LogP contribution >= 0.6 is 0 Å². The minimum absolute atomic E-state index is 0.283. The molecule has 0 saturated heterocycles. The molecule has 2 rings (SSSR count). The van der Waals surface area contributed by atoms with Gasteiger partial charge in [0.05, 0.1) is 7.11 Å². The van der Waals surface area contributed by atoms with Crippen LogP contribution in [-0.2, 0) is 13.0 Å². The molecule has 3 heteroatoms. The van der Waals surface area contributed by atoms with Gasteiger partial charge in [-0.15, -0.1) is 0 Å². The molecule has 0 bridgehead atoms. The van der Waals surface area contributed by atoms with Gasteiger partial charge < -0.3 is 10.1 Å². The Morgan fingerprint density at radius 3 is 2.50 bits per heavy atom. The lowest BCUT2D eigenvalue weighted by molar-refractivity contribution is 0.386. The van der Waals surface area contributed by atoms with E-state index in [2.05, 4.69) is 24.4 Å². The summed E-state index contributed by atoms with van der Waals surface area (Å²) in [5, 5.41) is 3.40. The lowest BCUT2D eigenvalue weighted by Crippen LogP contribution is -2.27. The normalized spacial score (nSPS) is 12.2. The fourth-order valence-corrected chi connectivity index (χ4v) is 2.15. The van der Waals surface area contributed by atoms with Crippen molar-refractivity contribution >= 4 is 0 Å². The van der Waals surface area contributed by atoms with E-state index in [4.69, 9.17) is 4.74 Å². The summed E-state index contributed by atoms with van der Waals surface area (Å²) in [6, 6.07) is 15.7. The topological polar surface area (TPSA) is 21.3 Å². The van der Waals surface area contributed by atoms with E-state index >= 15 is 0 Å². The maximum Gasteiger partial charge on any atom is 0.165 e. The largest absolute Gasteiger partial charge is 0.494 e. The highest BCUT2D eigenvalue weighted by molar-refractivity contribution is 5.29. The van der Waals surface area contributed by atoms with E-state index in [-0.39, 0.29) is 11.6 Å². The third kappa shape index (κ3) is 4.07. The van der Waals surface area contributed by atoms with Crippen LogP contribution in [0.3, 0.4) is 0 Å². The van der Waals surface area contributed by atoms with Gasteiger partial charge in [0.1, 0.15) is 0 Å². The Morgan fingerprint density at radius 2 is 1.85 bits per heavy atom. The van der Waals surface area contributed by atoms with Gasteiger partial charge in [-0.25, -0.2) is 4.39 Å². The Balaban J connectivity index is 1.87. The number of methoxy groups -OCH3 is 1. The van der Waals surface area contributed by atoms with Gasteiger partial charge in [-0.05, 0) is 36.6 Å². The summed E-state index contributed by atoms with van der Waals surface area (Å²) in [7, 11) is 1.47. The molecule has 2 aromatic rings. The first-order valence-corrected chi connectivity index (χ1v) is 6.79. The van der Waals surface area contributed by atoms with Gasteiger partial charge in [-0.2, -0.15) is 0 Å². The highest BCUT2D eigenvalue weighted by atomic mass is 19.1. The van der Waals surface area contributed by atoms with Crippen LogP contribution in [0.1, 0.15) is 18.1 Å². The van der Waals surface area contributed by atoms with Crippen LogP contribution in [0, 0.1) is 5.82 Å². The van der Waals surface area contributed by atoms with E-state index in [0.29, 0.717) is 12.6 Å². The monoisotopic (exact) mass is 273 g/mol. The van der Waals surface area contributed by atoms with Crippen molar-refractivity contribution in [3.8, 4) is 5.75 Å². The zero-order valence-corrected chi connectivity index (χ0v) is 11.9. The predicted molar refractivity (Wildman–Crippen MR) is 79.4 cm³/mol. The minimum atomic E-state index is -0.317. The molecule has 0 amide bonds. The molecule has 0 aliphatic heterocycles. The van der Waals surface area contributed by atoms with Gasteiger partial charge in [0, 0.05) is 12.6 Å².